The first-order valence-electron chi connectivity index (χ1n) is 4.90. The van der Waals surface area contributed by atoms with Crippen LogP contribution in [0.1, 0.15) is 11.1 Å². The molecule has 0 amide bonds. The lowest BCUT2D eigenvalue weighted by atomic mass is 10.1. The lowest BCUT2D eigenvalue weighted by molar-refractivity contribution is 0.173. The number of benzene rings is 1. The molecule has 0 bridgehead atoms. The number of aryl methyl sites for hydroxylation is 1. The topological polar surface area (TPSA) is 39.7 Å². The predicted molar refractivity (Wildman–Crippen MR) is 56.0 cm³/mol. The Morgan fingerprint density at radius 2 is 2.07 bits per heavy atom. The maximum Gasteiger partial charge on any atom is 0.231 e. The Balaban J connectivity index is 2.10. The van der Waals surface area contributed by atoms with Crippen molar-refractivity contribution >= 4 is 0 Å². The fraction of sp³-hybridized carbons (Fsp3) is 0.455. The Morgan fingerprint density at radius 3 is 2.80 bits per heavy atom. The van der Waals surface area contributed by atoms with Gasteiger partial charge in [0.1, 0.15) is 0 Å². The molecule has 4 nitrogen and oxygen atoms in total. The third kappa shape index (κ3) is 2.22. The van der Waals surface area contributed by atoms with Crippen LogP contribution in [0.25, 0.3) is 0 Å². The van der Waals surface area contributed by atoms with Gasteiger partial charge in [-0.2, -0.15) is 0 Å². The monoisotopic (exact) mass is 209 g/mol. The molecule has 82 valence electrons. The van der Waals surface area contributed by atoms with Gasteiger partial charge in [-0.15, -0.1) is 0 Å². The van der Waals surface area contributed by atoms with Crippen LogP contribution in [0.4, 0.5) is 0 Å². The van der Waals surface area contributed by atoms with Gasteiger partial charge in [0.2, 0.25) is 6.79 Å². The lowest BCUT2D eigenvalue weighted by Gasteiger charge is -2.08. The van der Waals surface area contributed by atoms with E-state index in [-0.39, 0.29) is 0 Å². The quantitative estimate of drug-likeness (QED) is 0.601. The highest BCUT2D eigenvalue weighted by Crippen LogP contribution is 2.34. The SMILES string of the molecule is COCNCc1cc2c(cc1C)OCO2. The predicted octanol–water partition coefficient (Wildman–Crippen LogP) is 1.42. The van der Waals surface area contributed by atoms with E-state index in [0.717, 1.165) is 18.0 Å². The van der Waals surface area contributed by atoms with Crippen LogP contribution in [0.5, 0.6) is 11.5 Å². The molecule has 0 saturated carbocycles. The average molecular weight is 209 g/mol. The first kappa shape index (κ1) is 10.3. The van der Waals surface area contributed by atoms with Crippen LogP contribution in [-0.2, 0) is 11.3 Å². The Kier molecular flexibility index (Phi) is 3.08. The summed E-state index contributed by atoms with van der Waals surface area (Å²) in [6.07, 6.45) is 0. The summed E-state index contributed by atoms with van der Waals surface area (Å²) in [4.78, 5) is 0. The van der Waals surface area contributed by atoms with Gasteiger partial charge in [0.25, 0.3) is 0 Å². The summed E-state index contributed by atoms with van der Waals surface area (Å²) < 4.78 is 15.5. The van der Waals surface area contributed by atoms with Crippen molar-refractivity contribution in [2.24, 2.45) is 0 Å². The second-order valence-corrected chi connectivity index (χ2v) is 3.49. The van der Waals surface area contributed by atoms with Crippen molar-refractivity contribution in [3.8, 4) is 11.5 Å². The van der Waals surface area contributed by atoms with Crippen LogP contribution in [0.2, 0.25) is 0 Å². The lowest BCUT2D eigenvalue weighted by Crippen LogP contribution is -2.16. The fourth-order valence-corrected chi connectivity index (χ4v) is 1.56. The number of nitrogens with one attached hydrogen (secondary N) is 1. The molecule has 15 heavy (non-hydrogen) atoms. The van der Waals surface area contributed by atoms with Gasteiger partial charge in [-0.1, -0.05) is 0 Å². The molecule has 4 heteroatoms. The minimum Gasteiger partial charge on any atom is -0.454 e. The van der Waals surface area contributed by atoms with Crippen molar-refractivity contribution in [2.45, 2.75) is 13.5 Å². The summed E-state index contributed by atoms with van der Waals surface area (Å²) in [6, 6.07) is 4.02. The Morgan fingerprint density at radius 1 is 1.33 bits per heavy atom. The minimum absolute atomic E-state index is 0.323. The molecule has 0 fully saturated rings. The van der Waals surface area contributed by atoms with Crippen LogP contribution in [0, 0.1) is 6.92 Å². The summed E-state index contributed by atoms with van der Waals surface area (Å²) >= 11 is 0. The molecule has 0 aliphatic carbocycles. The molecule has 0 spiro atoms. The van der Waals surface area contributed by atoms with Crippen molar-refractivity contribution < 1.29 is 14.2 Å². The van der Waals surface area contributed by atoms with Gasteiger partial charge in [-0.25, -0.2) is 0 Å². The zero-order chi connectivity index (χ0) is 10.7. The van der Waals surface area contributed by atoms with Gasteiger partial charge in [-0.3, -0.25) is 5.32 Å². The van der Waals surface area contributed by atoms with E-state index in [1.54, 1.807) is 7.11 Å². The fourth-order valence-electron chi connectivity index (χ4n) is 1.56. The summed E-state index contributed by atoms with van der Waals surface area (Å²) in [7, 11) is 1.67. The smallest absolute Gasteiger partial charge is 0.231 e. The first-order valence-corrected chi connectivity index (χ1v) is 4.90. The third-order valence-electron chi connectivity index (χ3n) is 2.39. The van der Waals surface area contributed by atoms with Gasteiger partial charge in [0, 0.05) is 13.7 Å². The molecule has 1 N–H and O–H groups in total. The molecular formula is C11H15NO3. The summed E-state index contributed by atoms with van der Waals surface area (Å²) in [5.41, 5.74) is 2.40. The van der Waals surface area contributed by atoms with E-state index in [0.29, 0.717) is 13.5 Å². The van der Waals surface area contributed by atoms with E-state index in [1.807, 2.05) is 12.1 Å². The van der Waals surface area contributed by atoms with Crippen molar-refractivity contribution in [3.05, 3.63) is 23.3 Å². The molecule has 0 aromatic heterocycles. The van der Waals surface area contributed by atoms with Crippen LogP contribution in [-0.4, -0.2) is 20.6 Å². The number of hydrogen-bond acceptors (Lipinski definition) is 4. The van der Waals surface area contributed by atoms with E-state index in [2.05, 4.69) is 12.2 Å². The van der Waals surface area contributed by atoms with Gasteiger partial charge < -0.3 is 14.2 Å². The standard InChI is InChI=1S/C11H15NO3/c1-8-3-10-11(15-7-14-10)4-9(8)5-12-6-13-2/h3-4,12H,5-7H2,1-2H3. The largest absolute Gasteiger partial charge is 0.454 e. The molecule has 1 aliphatic rings. The maximum atomic E-state index is 5.32. The summed E-state index contributed by atoms with van der Waals surface area (Å²) in [6.45, 7) is 3.71. The van der Waals surface area contributed by atoms with Crippen LogP contribution in [0.15, 0.2) is 12.1 Å². The molecular weight excluding hydrogens is 194 g/mol. The molecule has 1 aliphatic heterocycles. The third-order valence-corrected chi connectivity index (χ3v) is 2.39. The second kappa shape index (κ2) is 4.51. The molecule has 0 unspecified atom stereocenters. The number of hydrogen-bond donors (Lipinski definition) is 1. The zero-order valence-corrected chi connectivity index (χ0v) is 9.00. The molecule has 1 aromatic rings. The molecule has 0 radical (unpaired) electrons. The first-order chi connectivity index (χ1) is 7.31. The molecule has 1 heterocycles. The maximum absolute atomic E-state index is 5.32. The zero-order valence-electron chi connectivity index (χ0n) is 9.00. The second-order valence-electron chi connectivity index (χ2n) is 3.49. The van der Waals surface area contributed by atoms with Crippen LogP contribution in [0.3, 0.4) is 0 Å². The van der Waals surface area contributed by atoms with Crippen molar-refractivity contribution in [1.82, 2.24) is 5.32 Å². The minimum atomic E-state index is 0.323. The molecule has 0 saturated heterocycles. The van der Waals surface area contributed by atoms with Crippen LogP contribution >= 0.6 is 0 Å². The highest BCUT2D eigenvalue weighted by molar-refractivity contribution is 5.48. The van der Waals surface area contributed by atoms with Crippen LogP contribution < -0.4 is 14.8 Å². The van der Waals surface area contributed by atoms with E-state index in [1.165, 1.54) is 11.1 Å². The van der Waals surface area contributed by atoms with Gasteiger partial charge >= 0.3 is 0 Å². The Labute approximate surface area is 89.1 Å². The highest BCUT2D eigenvalue weighted by atomic mass is 16.7. The number of ether oxygens (including phenoxy) is 3. The molecule has 1 aromatic carbocycles. The average Bonchev–Trinajstić information content (AvgIpc) is 2.65. The van der Waals surface area contributed by atoms with E-state index in [4.69, 9.17) is 14.2 Å². The number of methoxy groups -OCH3 is 1. The van der Waals surface area contributed by atoms with Crippen molar-refractivity contribution in [2.75, 3.05) is 20.6 Å². The Bertz CT molecular complexity index is 352. The number of fused-ring (bicyclic) bond motifs is 1. The van der Waals surface area contributed by atoms with Gasteiger partial charge in [-0.05, 0) is 30.2 Å². The van der Waals surface area contributed by atoms with Gasteiger partial charge in [0.15, 0.2) is 11.5 Å². The van der Waals surface area contributed by atoms with Crippen molar-refractivity contribution in [1.29, 1.82) is 0 Å². The van der Waals surface area contributed by atoms with E-state index >= 15 is 0 Å². The molecule has 2 rings (SSSR count). The van der Waals surface area contributed by atoms with Crippen molar-refractivity contribution in [3.63, 3.8) is 0 Å². The number of rotatable bonds is 4. The van der Waals surface area contributed by atoms with Gasteiger partial charge in [0.05, 0.1) is 6.73 Å². The Hall–Kier alpha value is -1.26. The normalized spacial score (nSPS) is 13.2. The van der Waals surface area contributed by atoms with E-state index in [9.17, 15) is 0 Å². The summed E-state index contributed by atoms with van der Waals surface area (Å²) in [5, 5.41) is 3.16. The molecule has 0 atom stereocenters. The highest BCUT2D eigenvalue weighted by Gasteiger charge is 2.15. The van der Waals surface area contributed by atoms with E-state index < -0.39 is 0 Å². The summed E-state index contributed by atoms with van der Waals surface area (Å²) in [5.74, 6) is 1.66.